The SMILES string of the molecule is CCCCNC(=O)COC(=O)CCN1C(=O)NC2(CCCCC2)C1=O. The summed E-state index contributed by atoms with van der Waals surface area (Å²) in [6.45, 7) is 2.20. The number of carbonyl (C=O) groups excluding carboxylic acids is 4. The van der Waals surface area contributed by atoms with Crippen molar-refractivity contribution >= 4 is 23.8 Å². The molecule has 0 bridgehead atoms. The van der Waals surface area contributed by atoms with E-state index in [9.17, 15) is 19.2 Å². The highest BCUT2D eigenvalue weighted by atomic mass is 16.5. The highest BCUT2D eigenvalue weighted by Gasteiger charge is 2.51. The first-order valence-corrected chi connectivity index (χ1v) is 9.05. The Bertz CT molecular complexity index is 528. The Morgan fingerprint density at radius 3 is 2.64 bits per heavy atom. The van der Waals surface area contributed by atoms with Crippen molar-refractivity contribution in [3.8, 4) is 0 Å². The lowest BCUT2D eigenvalue weighted by atomic mass is 9.82. The molecule has 1 spiro atoms. The molecule has 2 rings (SSSR count). The Labute approximate surface area is 147 Å². The number of hydrogen-bond acceptors (Lipinski definition) is 5. The Balaban J connectivity index is 1.73. The molecule has 1 heterocycles. The maximum atomic E-state index is 12.5. The molecule has 1 saturated carbocycles. The van der Waals surface area contributed by atoms with Gasteiger partial charge in [0.2, 0.25) is 0 Å². The lowest BCUT2D eigenvalue weighted by Crippen LogP contribution is -2.48. The Morgan fingerprint density at radius 2 is 1.96 bits per heavy atom. The first-order chi connectivity index (χ1) is 12.0. The maximum absolute atomic E-state index is 12.5. The number of urea groups is 1. The number of unbranched alkanes of at least 4 members (excludes halogenated alkanes) is 1. The largest absolute Gasteiger partial charge is 0.456 e. The number of rotatable bonds is 8. The molecule has 0 aromatic carbocycles. The van der Waals surface area contributed by atoms with E-state index in [1.165, 1.54) is 0 Å². The predicted molar refractivity (Wildman–Crippen MR) is 89.6 cm³/mol. The van der Waals surface area contributed by atoms with Crippen LogP contribution in [0.4, 0.5) is 4.79 Å². The zero-order chi connectivity index (χ0) is 18.3. The molecule has 0 atom stereocenters. The Hall–Kier alpha value is -2.12. The summed E-state index contributed by atoms with van der Waals surface area (Å²) >= 11 is 0. The Kier molecular flexibility index (Phi) is 6.78. The molecule has 0 aromatic rings. The van der Waals surface area contributed by atoms with Crippen LogP contribution in [0.25, 0.3) is 0 Å². The molecule has 2 aliphatic rings. The lowest BCUT2D eigenvalue weighted by Gasteiger charge is -2.30. The summed E-state index contributed by atoms with van der Waals surface area (Å²) in [4.78, 5) is 48.9. The fourth-order valence-electron chi connectivity index (χ4n) is 3.25. The quantitative estimate of drug-likeness (QED) is 0.386. The molecule has 2 N–H and O–H groups in total. The molecule has 0 aromatic heterocycles. The van der Waals surface area contributed by atoms with Crippen molar-refractivity contribution in [1.29, 1.82) is 0 Å². The fraction of sp³-hybridized carbons (Fsp3) is 0.765. The van der Waals surface area contributed by atoms with Crippen LogP contribution < -0.4 is 10.6 Å². The van der Waals surface area contributed by atoms with Gasteiger partial charge in [-0.25, -0.2) is 4.79 Å². The molecule has 140 valence electrons. The zero-order valence-corrected chi connectivity index (χ0v) is 14.8. The van der Waals surface area contributed by atoms with Crippen molar-refractivity contribution in [2.75, 3.05) is 19.7 Å². The van der Waals surface area contributed by atoms with Crippen LogP contribution >= 0.6 is 0 Å². The van der Waals surface area contributed by atoms with E-state index in [2.05, 4.69) is 10.6 Å². The predicted octanol–water partition coefficient (Wildman–Crippen LogP) is 1.09. The first-order valence-electron chi connectivity index (χ1n) is 9.05. The highest BCUT2D eigenvalue weighted by molar-refractivity contribution is 6.07. The van der Waals surface area contributed by atoms with Crippen LogP contribution in [0, 0.1) is 0 Å². The second kappa shape index (κ2) is 8.82. The summed E-state index contributed by atoms with van der Waals surface area (Å²) in [5.74, 6) is -1.20. The van der Waals surface area contributed by atoms with Gasteiger partial charge in [0.05, 0.1) is 6.42 Å². The number of nitrogens with one attached hydrogen (secondary N) is 2. The van der Waals surface area contributed by atoms with E-state index < -0.39 is 17.5 Å². The maximum Gasteiger partial charge on any atom is 0.325 e. The fourth-order valence-corrected chi connectivity index (χ4v) is 3.25. The van der Waals surface area contributed by atoms with Gasteiger partial charge in [0.1, 0.15) is 5.54 Å². The average Bonchev–Trinajstić information content (AvgIpc) is 2.82. The normalized spacial score (nSPS) is 19.0. The minimum atomic E-state index is -0.779. The van der Waals surface area contributed by atoms with Crippen LogP contribution in [-0.4, -0.2) is 54.0 Å². The number of amides is 4. The number of imide groups is 1. The molecular weight excluding hydrogens is 326 g/mol. The van der Waals surface area contributed by atoms with Gasteiger partial charge < -0.3 is 15.4 Å². The van der Waals surface area contributed by atoms with E-state index >= 15 is 0 Å². The lowest BCUT2D eigenvalue weighted by molar-refractivity contribution is -0.149. The molecule has 1 saturated heterocycles. The monoisotopic (exact) mass is 353 g/mol. The van der Waals surface area contributed by atoms with E-state index in [0.29, 0.717) is 19.4 Å². The second-order valence-corrected chi connectivity index (χ2v) is 6.64. The molecule has 25 heavy (non-hydrogen) atoms. The summed E-state index contributed by atoms with van der Waals surface area (Å²) in [7, 11) is 0. The van der Waals surface area contributed by atoms with Crippen LogP contribution in [0.2, 0.25) is 0 Å². The van der Waals surface area contributed by atoms with E-state index in [4.69, 9.17) is 4.74 Å². The molecule has 8 nitrogen and oxygen atoms in total. The van der Waals surface area contributed by atoms with E-state index in [-0.39, 0.29) is 31.4 Å². The molecular formula is C17H27N3O5. The van der Waals surface area contributed by atoms with Gasteiger partial charge in [0, 0.05) is 13.1 Å². The summed E-state index contributed by atoms with van der Waals surface area (Å²) in [6.07, 6.45) is 5.91. The zero-order valence-electron chi connectivity index (χ0n) is 14.8. The van der Waals surface area contributed by atoms with Gasteiger partial charge in [0.25, 0.3) is 11.8 Å². The molecule has 0 unspecified atom stereocenters. The van der Waals surface area contributed by atoms with Crippen LogP contribution in [0.3, 0.4) is 0 Å². The topological polar surface area (TPSA) is 105 Å². The number of esters is 1. The van der Waals surface area contributed by atoms with Gasteiger partial charge in [-0.3, -0.25) is 19.3 Å². The van der Waals surface area contributed by atoms with Crippen molar-refractivity contribution in [1.82, 2.24) is 15.5 Å². The van der Waals surface area contributed by atoms with Crippen molar-refractivity contribution in [3.05, 3.63) is 0 Å². The van der Waals surface area contributed by atoms with Gasteiger partial charge in [-0.15, -0.1) is 0 Å². The van der Waals surface area contributed by atoms with Gasteiger partial charge in [0.15, 0.2) is 6.61 Å². The van der Waals surface area contributed by atoms with Crippen LogP contribution in [0.5, 0.6) is 0 Å². The summed E-state index contributed by atoms with van der Waals surface area (Å²) in [5, 5.41) is 5.44. The van der Waals surface area contributed by atoms with Crippen molar-refractivity contribution in [2.24, 2.45) is 0 Å². The van der Waals surface area contributed by atoms with Crippen molar-refractivity contribution < 1.29 is 23.9 Å². The number of ether oxygens (including phenoxy) is 1. The van der Waals surface area contributed by atoms with Crippen LogP contribution in [0.15, 0.2) is 0 Å². The number of carbonyl (C=O) groups is 4. The molecule has 1 aliphatic heterocycles. The summed E-state index contributed by atoms with van der Waals surface area (Å²) in [5.41, 5.74) is -0.779. The Morgan fingerprint density at radius 1 is 1.24 bits per heavy atom. The minimum absolute atomic E-state index is 0.0251. The second-order valence-electron chi connectivity index (χ2n) is 6.64. The molecule has 2 fully saturated rings. The molecule has 4 amide bonds. The molecule has 8 heteroatoms. The van der Waals surface area contributed by atoms with E-state index in [0.717, 1.165) is 37.0 Å². The van der Waals surface area contributed by atoms with Gasteiger partial charge >= 0.3 is 12.0 Å². The summed E-state index contributed by atoms with van der Waals surface area (Å²) in [6, 6.07) is -0.447. The smallest absolute Gasteiger partial charge is 0.325 e. The number of nitrogens with zero attached hydrogens (tertiary/aromatic N) is 1. The van der Waals surface area contributed by atoms with Crippen molar-refractivity contribution in [2.45, 2.75) is 63.8 Å². The van der Waals surface area contributed by atoms with E-state index in [1.54, 1.807) is 0 Å². The third-order valence-corrected chi connectivity index (χ3v) is 4.71. The minimum Gasteiger partial charge on any atom is -0.456 e. The molecule has 1 aliphatic carbocycles. The summed E-state index contributed by atoms with van der Waals surface area (Å²) < 4.78 is 4.88. The van der Waals surface area contributed by atoms with Gasteiger partial charge in [-0.2, -0.15) is 0 Å². The third kappa shape index (κ3) is 4.93. The average molecular weight is 353 g/mol. The van der Waals surface area contributed by atoms with Crippen LogP contribution in [-0.2, 0) is 19.1 Å². The van der Waals surface area contributed by atoms with Crippen LogP contribution in [0.1, 0.15) is 58.3 Å². The van der Waals surface area contributed by atoms with Crippen molar-refractivity contribution in [3.63, 3.8) is 0 Å². The van der Waals surface area contributed by atoms with E-state index in [1.807, 2.05) is 6.92 Å². The van der Waals surface area contributed by atoms with Gasteiger partial charge in [-0.1, -0.05) is 32.6 Å². The standard InChI is InChI=1S/C17H27N3O5/c1-2-3-10-18-13(21)12-25-14(22)7-11-20-15(23)17(19-16(20)24)8-5-4-6-9-17/h2-12H2,1H3,(H,18,21)(H,19,24). The highest BCUT2D eigenvalue weighted by Crippen LogP contribution is 2.33. The third-order valence-electron chi connectivity index (χ3n) is 4.71. The number of hydrogen-bond donors (Lipinski definition) is 2. The molecule has 0 radical (unpaired) electrons. The first kappa shape index (κ1) is 19.2. The van der Waals surface area contributed by atoms with Gasteiger partial charge in [-0.05, 0) is 19.3 Å².